The first-order valence-electron chi connectivity index (χ1n) is 7.73. The average molecular weight is 346 g/mol. The normalized spacial score (nSPS) is 13.2. The Balaban J connectivity index is 2.07. The van der Waals surface area contributed by atoms with E-state index in [0.29, 0.717) is 0 Å². The second kappa shape index (κ2) is 8.03. The molecule has 0 saturated heterocycles. The molecule has 3 amide bonds. The fraction of sp³-hybridized carbons (Fsp3) is 0.353. The Labute approximate surface area is 145 Å². The second-order valence-corrected chi connectivity index (χ2v) is 6.54. The van der Waals surface area contributed by atoms with Crippen molar-refractivity contribution in [1.82, 2.24) is 20.9 Å². The average Bonchev–Trinajstić information content (AvgIpc) is 2.97. The van der Waals surface area contributed by atoms with Crippen molar-refractivity contribution < 1.29 is 9.59 Å². The zero-order chi connectivity index (χ0) is 17.7. The van der Waals surface area contributed by atoms with Crippen molar-refractivity contribution >= 4 is 23.3 Å². The van der Waals surface area contributed by atoms with Gasteiger partial charge >= 0.3 is 6.03 Å². The Bertz CT molecular complexity index is 715. The van der Waals surface area contributed by atoms with Gasteiger partial charge < -0.3 is 5.32 Å². The van der Waals surface area contributed by atoms with Gasteiger partial charge in [-0.1, -0.05) is 30.3 Å². The van der Waals surface area contributed by atoms with Crippen LogP contribution >= 0.6 is 11.3 Å². The number of urea groups is 1. The number of thiazole rings is 1. The van der Waals surface area contributed by atoms with Gasteiger partial charge in [-0.15, -0.1) is 11.3 Å². The molecule has 2 unspecified atom stereocenters. The van der Waals surface area contributed by atoms with Gasteiger partial charge in [-0.2, -0.15) is 0 Å². The summed E-state index contributed by atoms with van der Waals surface area (Å²) >= 11 is 1.61. The molecule has 2 atom stereocenters. The fourth-order valence-electron chi connectivity index (χ4n) is 2.32. The van der Waals surface area contributed by atoms with Gasteiger partial charge in [0.05, 0.1) is 11.7 Å². The lowest BCUT2D eigenvalue weighted by atomic mass is 10.2. The van der Waals surface area contributed by atoms with Gasteiger partial charge in [0.25, 0.3) is 0 Å². The van der Waals surface area contributed by atoms with Gasteiger partial charge in [0.2, 0.25) is 5.91 Å². The number of rotatable bonds is 5. The zero-order valence-electron chi connectivity index (χ0n) is 14.2. The number of hydrogen-bond acceptors (Lipinski definition) is 5. The summed E-state index contributed by atoms with van der Waals surface area (Å²) in [6.07, 6.45) is 0. The van der Waals surface area contributed by atoms with Crippen LogP contribution in [0.1, 0.15) is 30.5 Å². The van der Waals surface area contributed by atoms with E-state index in [4.69, 9.17) is 0 Å². The van der Waals surface area contributed by atoms with Crippen molar-refractivity contribution in [1.29, 1.82) is 0 Å². The molecule has 2 rings (SSSR count). The molecule has 7 heteroatoms. The van der Waals surface area contributed by atoms with E-state index >= 15 is 0 Å². The third-order valence-electron chi connectivity index (χ3n) is 3.60. The Morgan fingerprint density at radius 2 is 1.83 bits per heavy atom. The molecule has 24 heavy (non-hydrogen) atoms. The summed E-state index contributed by atoms with van der Waals surface area (Å²) in [5.41, 5.74) is 2.02. The molecule has 0 aliphatic carbocycles. The summed E-state index contributed by atoms with van der Waals surface area (Å²) in [6.45, 7) is 5.67. The van der Waals surface area contributed by atoms with Gasteiger partial charge in [-0.25, -0.2) is 9.78 Å². The van der Waals surface area contributed by atoms with E-state index in [0.717, 1.165) is 21.1 Å². The maximum Gasteiger partial charge on any atom is 0.321 e. The smallest absolute Gasteiger partial charge is 0.321 e. The van der Waals surface area contributed by atoms with Crippen molar-refractivity contribution in [3.8, 4) is 10.6 Å². The van der Waals surface area contributed by atoms with Crippen LogP contribution in [0.3, 0.4) is 0 Å². The first-order valence-corrected chi connectivity index (χ1v) is 8.55. The first-order chi connectivity index (χ1) is 11.4. The second-order valence-electron chi connectivity index (χ2n) is 5.51. The standard InChI is InChI=1S/C17H22N4O2S/c1-10(19-12(3)15(22)21-17(23)18-4)14-11(2)20-16(24-14)13-8-6-5-7-9-13/h5-10,12,19H,1-4H3,(H2,18,21,22,23). The van der Waals surface area contributed by atoms with Crippen molar-refractivity contribution in [3.05, 3.63) is 40.9 Å². The van der Waals surface area contributed by atoms with E-state index in [-0.39, 0.29) is 11.9 Å². The van der Waals surface area contributed by atoms with Gasteiger partial charge in [0.15, 0.2) is 0 Å². The lowest BCUT2D eigenvalue weighted by molar-refractivity contribution is -0.121. The SMILES string of the molecule is CNC(=O)NC(=O)C(C)NC(C)c1sc(-c2ccccc2)nc1C. The predicted molar refractivity (Wildman–Crippen MR) is 95.9 cm³/mol. The number of nitrogens with zero attached hydrogens (tertiary/aromatic N) is 1. The Kier molecular flexibility index (Phi) is 6.05. The third-order valence-corrected chi connectivity index (χ3v) is 4.99. The largest absolute Gasteiger partial charge is 0.341 e. The predicted octanol–water partition coefficient (Wildman–Crippen LogP) is 2.61. The summed E-state index contributed by atoms with van der Waals surface area (Å²) in [5.74, 6) is -0.369. The maximum absolute atomic E-state index is 11.9. The monoisotopic (exact) mass is 346 g/mol. The van der Waals surface area contributed by atoms with E-state index in [2.05, 4.69) is 20.9 Å². The molecular formula is C17H22N4O2S. The third kappa shape index (κ3) is 4.39. The topological polar surface area (TPSA) is 83.1 Å². The van der Waals surface area contributed by atoms with Crippen molar-refractivity contribution in [2.45, 2.75) is 32.9 Å². The number of aromatic nitrogens is 1. The number of carbonyl (C=O) groups excluding carboxylic acids is 2. The molecule has 2 aromatic rings. The molecular weight excluding hydrogens is 324 g/mol. The summed E-state index contributed by atoms with van der Waals surface area (Å²) in [6, 6.07) is 8.93. The van der Waals surface area contributed by atoms with Crippen LogP contribution in [0.4, 0.5) is 4.79 Å². The van der Waals surface area contributed by atoms with Crippen molar-refractivity contribution in [2.75, 3.05) is 7.05 Å². The Hall–Kier alpha value is -2.25. The summed E-state index contributed by atoms with van der Waals surface area (Å²) in [4.78, 5) is 28.9. The van der Waals surface area contributed by atoms with Crippen LogP contribution < -0.4 is 16.0 Å². The number of aryl methyl sites for hydroxylation is 1. The van der Waals surface area contributed by atoms with Gasteiger partial charge in [-0.3, -0.25) is 15.4 Å². The van der Waals surface area contributed by atoms with E-state index in [1.165, 1.54) is 7.05 Å². The van der Waals surface area contributed by atoms with Gasteiger partial charge in [0, 0.05) is 23.5 Å². The maximum atomic E-state index is 11.9. The molecule has 1 aromatic carbocycles. The van der Waals surface area contributed by atoms with E-state index < -0.39 is 12.1 Å². The van der Waals surface area contributed by atoms with Crippen LogP contribution in [-0.4, -0.2) is 30.0 Å². The minimum atomic E-state index is -0.512. The molecule has 1 aromatic heterocycles. The molecule has 3 N–H and O–H groups in total. The number of imide groups is 1. The highest BCUT2D eigenvalue weighted by Gasteiger charge is 2.21. The Morgan fingerprint density at radius 1 is 1.17 bits per heavy atom. The van der Waals surface area contributed by atoms with Gasteiger partial charge in [0.1, 0.15) is 5.01 Å². The minimum Gasteiger partial charge on any atom is -0.341 e. The molecule has 0 saturated carbocycles. The molecule has 128 valence electrons. The highest BCUT2D eigenvalue weighted by molar-refractivity contribution is 7.15. The minimum absolute atomic E-state index is 0.0506. The lowest BCUT2D eigenvalue weighted by Gasteiger charge is -2.18. The lowest BCUT2D eigenvalue weighted by Crippen LogP contribution is -2.47. The number of benzene rings is 1. The van der Waals surface area contributed by atoms with Crippen LogP contribution in [0, 0.1) is 6.92 Å². The van der Waals surface area contributed by atoms with Crippen molar-refractivity contribution in [2.24, 2.45) is 0 Å². The van der Waals surface area contributed by atoms with Crippen LogP contribution in [0.15, 0.2) is 30.3 Å². The molecule has 0 aliphatic heterocycles. The number of nitrogens with one attached hydrogen (secondary N) is 3. The zero-order valence-corrected chi connectivity index (χ0v) is 15.0. The number of hydrogen-bond donors (Lipinski definition) is 3. The van der Waals surface area contributed by atoms with Gasteiger partial charge in [-0.05, 0) is 20.8 Å². The first kappa shape index (κ1) is 18.1. The molecule has 0 fully saturated rings. The van der Waals surface area contributed by atoms with Crippen LogP contribution in [0.2, 0.25) is 0 Å². The van der Waals surface area contributed by atoms with E-state index in [9.17, 15) is 9.59 Å². The van der Waals surface area contributed by atoms with E-state index in [1.54, 1.807) is 18.3 Å². The summed E-state index contributed by atoms with van der Waals surface area (Å²) < 4.78 is 0. The quantitative estimate of drug-likeness (QED) is 0.777. The summed E-state index contributed by atoms with van der Waals surface area (Å²) in [7, 11) is 1.47. The van der Waals surface area contributed by atoms with Crippen LogP contribution in [-0.2, 0) is 4.79 Å². The molecule has 0 radical (unpaired) electrons. The molecule has 0 aliphatic rings. The molecule has 6 nitrogen and oxygen atoms in total. The highest BCUT2D eigenvalue weighted by atomic mass is 32.1. The van der Waals surface area contributed by atoms with E-state index in [1.807, 2.05) is 44.2 Å². The summed E-state index contributed by atoms with van der Waals surface area (Å²) in [5, 5.41) is 8.79. The van der Waals surface area contributed by atoms with Crippen LogP contribution in [0.25, 0.3) is 10.6 Å². The Morgan fingerprint density at radius 3 is 2.46 bits per heavy atom. The highest BCUT2D eigenvalue weighted by Crippen LogP contribution is 2.31. The van der Waals surface area contributed by atoms with Crippen LogP contribution in [0.5, 0.6) is 0 Å². The molecule has 0 spiro atoms. The molecule has 0 bridgehead atoms. The number of carbonyl (C=O) groups is 2. The molecule has 1 heterocycles. The fourth-order valence-corrected chi connectivity index (χ4v) is 3.41. The van der Waals surface area contributed by atoms with Crippen molar-refractivity contribution in [3.63, 3.8) is 0 Å². The number of amides is 3.